The number of fused-ring (bicyclic) bond motifs is 1. The van der Waals surface area contributed by atoms with Crippen molar-refractivity contribution >= 4 is 6.09 Å². The number of ether oxygens (including phenoxy) is 1. The molecule has 0 radical (unpaired) electrons. The van der Waals surface area contributed by atoms with E-state index in [2.05, 4.69) is 22.0 Å². The van der Waals surface area contributed by atoms with E-state index in [0.29, 0.717) is 25.2 Å². The summed E-state index contributed by atoms with van der Waals surface area (Å²) in [6.45, 7) is 12.3. The number of nitrogens with one attached hydrogen (secondary N) is 1. The molecule has 0 aromatic carbocycles. The zero-order valence-electron chi connectivity index (χ0n) is 14.5. The molecule has 3 unspecified atom stereocenters. The number of carbonyl (C=O) groups excluding carboxylic acids is 1. The molecule has 2 fully saturated rings. The van der Waals surface area contributed by atoms with Gasteiger partial charge < -0.3 is 15.8 Å². The number of carbonyl (C=O) groups is 1. The van der Waals surface area contributed by atoms with Gasteiger partial charge in [-0.1, -0.05) is 0 Å². The summed E-state index contributed by atoms with van der Waals surface area (Å²) < 4.78 is 5.30. The summed E-state index contributed by atoms with van der Waals surface area (Å²) in [5.41, 5.74) is 5.50. The van der Waals surface area contributed by atoms with Crippen LogP contribution in [0.3, 0.4) is 0 Å². The molecule has 2 aliphatic heterocycles. The van der Waals surface area contributed by atoms with Crippen LogP contribution in [0.1, 0.15) is 40.5 Å². The third-order valence-electron chi connectivity index (χ3n) is 4.61. The molecule has 2 rings (SSSR count). The van der Waals surface area contributed by atoms with Gasteiger partial charge in [-0.2, -0.15) is 0 Å². The molecule has 0 aromatic heterocycles. The molecule has 0 bridgehead atoms. The van der Waals surface area contributed by atoms with E-state index in [0.717, 1.165) is 13.1 Å². The SMILES string of the molecule is CC1CN2CCCC2CN1C(CN)CNC(=O)OC(C)(C)C. The van der Waals surface area contributed by atoms with Gasteiger partial charge in [0.25, 0.3) is 0 Å². The molecule has 2 saturated heterocycles. The number of rotatable bonds is 4. The largest absolute Gasteiger partial charge is 0.444 e. The van der Waals surface area contributed by atoms with Crippen molar-refractivity contribution in [3.05, 3.63) is 0 Å². The van der Waals surface area contributed by atoms with E-state index in [1.807, 2.05) is 20.8 Å². The van der Waals surface area contributed by atoms with Gasteiger partial charge in [0.1, 0.15) is 5.60 Å². The number of piperazine rings is 1. The summed E-state index contributed by atoms with van der Waals surface area (Å²) in [5.74, 6) is 0. The van der Waals surface area contributed by atoms with Crippen LogP contribution in [0.2, 0.25) is 0 Å². The Labute approximate surface area is 134 Å². The summed E-state index contributed by atoms with van der Waals surface area (Å²) >= 11 is 0. The lowest BCUT2D eigenvalue weighted by molar-refractivity contribution is 0.0254. The first-order valence-corrected chi connectivity index (χ1v) is 8.47. The number of nitrogens with two attached hydrogens (primary N) is 1. The molecule has 22 heavy (non-hydrogen) atoms. The van der Waals surface area contributed by atoms with Crippen molar-refractivity contribution in [1.29, 1.82) is 0 Å². The Kier molecular flexibility index (Phi) is 5.69. The van der Waals surface area contributed by atoms with Crippen LogP contribution >= 0.6 is 0 Å². The highest BCUT2D eigenvalue weighted by atomic mass is 16.6. The first-order valence-electron chi connectivity index (χ1n) is 8.47. The Morgan fingerprint density at radius 2 is 2.14 bits per heavy atom. The Balaban J connectivity index is 1.86. The lowest BCUT2D eigenvalue weighted by Crippen LogP contribution is -2.61. The Hall–Kier alpha value is -0.850. The zero-order chi connectivity index (χ0) is 16.3. The molecule has 3 N–H and O–H groups in total. The van der Waals surface area contributed by atoms with Crippen molar-refractivity contribution in [2.24, 2.45) is 5.73 Å². The molecule has 2 heterocycles. The van der Waals surface area contributed by atoms with Gasteiger partial charge in [0, 0.05) is 44.3 Å². The number of alkyl carbamates (subject to hydrolysis) is 1. The van der Waals surface area contributed by atoms with Gasteiger partial charge in [-0.15, -0.1) is 0 Å². The van der Waals surface area contributed by atoms with Crippen molar-refractivity contribution in [2.45, 2.75) is 64.3 Å². The van der Waals surface area contributed by atoms with Crippen LogP contribution in [0.25, 0.3) is 0 Å². The summed E-state index contributed by atoms with van der Waals surface area (Å²) in [4.78, 5) is 16.9. The van der Waals surface area contributed by atoms with E-state index in [1.165, 1.54) is 19.4 Å². The highest BCUT2D eigenvalue weighted by molar-refractivity contribution is 5.67. The molecule has 0 aromatic rings. The first kappa shape index (κ1) is 17.5. The number of hydrogen-bond donors (Lipinski definition) is 2. The standard InChI is InChI=1S/C16H32N4O2/c1-12-10-19-7-5-6-13(19)11-20(12)14(8-17)9-18-15(21)22-16(2,3)4/h12-14H,5-11,17H2,1-4H3,(H,18,21). The van der Waals surface area contributed by atoms with Crippen LogP contribution in [-0.4, -0.2) is 72.3 Å². The Morgan fingerprint density at radius 3 is 2.77 bits per heavy atom. The molecule has 128 valence electrons. The highest BCUT2D eigenvalue weighted by Crippen LogP contribution is 2.25. The summed E-state index contributed by atoms with van der Waals surface area (Å²) in [5, 5.41) is 2.87. The minimum atomic E-state index is -0.467. The van der Waals surface area contributed by atoms with Gasteiger partial charge in [-0.25, -0.2) is 4.79 Å². The fraction of sp³-hybridized carbons (Fsp3) is 0.938. The van der Waals surface area contributed by atoms with E-state index in [4.69, 9.17) is 10.5 Å². The van der Waals surface area contributed by atoms with Crippen molar-refractivity contribution in [2.75, 3.05) is 32.7 Å². The van der Waals surface area contributed by atoms with Crippen molar-refractivity contribution in [1.82, 2.24) is 15.1 Å². The van der Waals surface area contributed by atoms with E-state index in [-0.39, 0.29) is 12.1 Å². The van der Waals surface area contributed by atoms with Gasteiger partial charge in [0.05, 0.1) is 0 Å². The average Bonchev–Trinajstić information content (AvgIpc) is 2.84. The molecular weight excluding hydrogens is 280 g/mol. The van der Waals surface area contributed by atoms with Gasteiger partial charge in [0.2, 0.25) is 0 Å². The maximum Gasteiger partial charge on any atom is 0.407 e. The van der Waals surface area contributed by atoms with Gasteiger partial charge in [-0.05, 0) is 47.1 Å². The predicted molar refractivity (Wildman–Crippen MR) is 87.8 cm³/mol. The summed E-state index contributed by atoms with van der Waals surface area (Å²) in [7, 11) is 0. The molecule has 3 atom stereocenters. The van der Waals surface area contributed by atoms with Crippen LogP contribution in [0, 0.1) is 0 Å². The zero-order valence-corrected chi connectivity index (χ0v) is 14.5. The van der Waals surface area contributed by atoms with Crippen LogP contribution in [0.15, 0.2) is 0 Å². The van der Waals surface area contributed by atoms with Crippen LogP contribution in [0.4, 0.5) is 4.79 Å². The molecule has 0 saturated carbocycles. The fourth-order valence-electron chi connectivity index (χ4n) is 3.57. The molecule has 2 aliphatic rings. The van der Waals surface area contributed by atoms with Gasteiger partial charge >= 0.3 is 6.09 Å². The normalized spacial score (nSPS) is 28.2. The quantitative estimate of drug-likeness (QED) is 0.810. The molecule has 6 nitrogen and oxygen atoms in total. The fourth-order valence-corrected chi connectivity index (χ4v) is 3.57. The second-order valence-electron chi connectivity index (χ2n) is 7.61. The van der Waals surface area contributed by atoms with Crippen LogP contribution in [-0.2, 0) is 4.74 Å². The smallest absolute Gasteiger partial charge is 0.407 e. The van der Waals surface area contributed by atoms with E-state index in [1.54, 1.807) is 0 Å². The molecular formula is C16H32N4O2. The van der Waals surface area contributed by atoms with Crippen molar-refractivity contribution in [3.8, 4) is 0 Å². The lowest BCUT2D eigenvalue weighted by Gasteiger charge is -2.45. The molecule has 6 heteroatoms. The first-order chi connectivity index (χ1) is 10.3. The van der Waals surface area contributed by atoms with Gasteiger partial charge in [0.15, 0.2) is 0 Å². The van der Waals surface area contributed by atoms with E-state index >= 15 is 0 Å². The monoisotopic (exact) mass is 312 g/mol. The Bertz CT molecular complexity index is 383. The average molecular weight is 312 g/mol. The topological polar surface area (TPSA) is 70.8 Å². The minimum absolute atomic E-state index is 0.172. The van der Waals surface area contributed by atoms with E-state index < -0.39 is 5.60 Å². The predicted octanol–water partition coefficient (Wildman–Crippen LogP) is 1.01. The Morgan fingerprint density at radius 1 is 1.41 bits per heavy atom. The highest BCUT2D eigenvalue weighted by Gasteiger charge is 2.37. The number of hydrogen-bond acceptors (Lipinski definition) is 5. The van der Waals surface area contributed by atoms with Crippen LogP contribution in [0.5, 0.6) is 0 Å². The maximum atomic E-state index is 11.8. The van der Waals surface area contributed by atoms with Crippen molar-refractivity contribution < 1.29 is 9.53 Å². The molecule has 1 amide bonds. The summed E-state index contributed by atoms with van der Waals surface area (Å²) in [6.07, 6.45) is 2.22. The number of amides is 1. The molecule has 0 spiro atoms. The maximum absolute atomic E-state index is 11.8. The molecule has 0 aliphatic carbocycles. The van der Waals surface area contributed by atoms with Gasteiger partial charge in [-0.3, -0.25) is 9.80 Å². The minimum Gasteiger partial charge on any atom is -0.444 e. The number of nitrogens with zero attached hydrogens (tertiary/aromatic N) is 2. The second kappa shape index (κ2) is 7.15. The third kappa shape index (κ3) is 4.57. The lowest BCUT2D eigenvalue weighted by atomic mass is 10.0. The van der Waals surface area contributed by atoms with Crippen LogP contribution < -0.4 is 11.1 Å². The second-order valence-corrected chi connectivity index (χ2v) is 7.61. The van der Waals surface area contributed by atoms with Crippen molar-refractivity contribution in [3.63, 3.8) is 0 Å². The van der Waals surface area contributed by atoms with E-state index in [9.17, 15) is 4.79 Å². The third-order valence-corrected chi connectivity index (χ3v) is 4.61. The summed E-state index contributed by atoms with van der Waals surface area (Å²) in [6, 6.07) is 1.31.